The third-order valence-electron chi connectivity index (χ3n) is 4.22. The first kappa shape index (κ1) is 17.9. The van der Waals surface area contributed by atoms with Gasteiger partial charge in [0, 0.05) is 12.8 Å². The molecule has 1 fully saturated rings. The lowest BCUT2D eigenvalue weighted by molar-refractivity contribution is -0.137. The molecule has 130 valence electrons. The molecule has 1 aliphatic rings. The van der Waals surface area contributed by atoms with Gasteiger partial charge in [-0.05, 0) is 37.0 Å². The summed E-state index contributed by atoms with van der Waals surface area (Å²) in [4.78, 5) is 34.0. The topological polar surface area (TPSA) is 105 Å². The van der Waals surface area contributed by atoms with Gasteiger partial charge in [0.2, 0.25) is 11.8 Å². The maximum absolute atomic E-state index is 12.1. The fraction of sp³-hybridized carbons (Fsp3) is 0.471. The fourth-order valence-electron chi connectivity index (χ4n) is 2.65. The number of aliphatic carboxylic acids is 1. The standard InChI is InChI=1S/C17H22N2O5/c1-24-17(7-2-8-17)10-15(21)19-13-5-3-12(4-6-13)9-14(20)18-11-16(22)23/h3-6H,2,7-11H2,1H3,(H,18,20)(H,19,21)(H,22,23). The van der Waals surface area contributed by atoms with Crippen molar-refractivity contribution in [3.05, 3.63) is 29.8 Å². The molecular formula is C17H22N2O5. The summed E-state index contributed by atoms with van der Waals surface area (Å²) in [5, 5.41) is 13.6. The molecule has 1 aliphatic carbocycles. The second-order valence-corrected chi connectivity index (χ2v) is 6.01. The van der Waals surface area contributed by atoms with Crippen LogP contribution < -0.4 is 10.6 Å². The van der Waals surface area contributed by atoms with Crippen molar-refractivity contribution in [2.75, 3.05) is 19.0 Å². The maximum Gasteiger partial charge on any atom is 0.322 e. The van der Waals surface area contributed by atoms with E-state index in [-0.39, 0.29) is 23.8 Å². The van der Waals surface area contributed by atoms with Crippen molar-refractivity contribution >= 4 is 23.5 Å². The quantitative estimate of drug-likeness (QED) is 0.665. The molecule has 0 heterocycles. The van der Waals surface area contributed by atoms with Crippen LogP contribution in [0.3, 0.4) is 0 Å². The number of amides is 2. The van der Waals surface area contributed by atoms with Crippen molar-refractivity contribution in [1.82, 2.24) is 5.32 Å². The van der Waals surface area contributed by atoms with Gasteiger partial charge in [0.05, 0.1) is 18.4 Å². The Balaban J connectivity index is 1.82. The van der Waals surface area contributed by atoms with Crippen LogP contribution in [0.25, 0.3) is 0 Å². The molecule has 7 heteroatoms. The van der Waals surface area contributed by atoms with Gasteiger partial charge in [0.1, 0.15) is 6.54 Å². The van der Waals surface area contributed by atoms with E-state index in [1.807, 2.05) is 0 Å². The molecule has 0 aliphatic heterocycles. The molecule has 24 heavy (non-hydrogen) atoms. The Labute approximate surface area is 140 Å². The number of rotatable bonds is 8. The number of hydrogen-bond acceptors (Lipinski definition) is 4. The van der Waals surface area contributed by atoms with Gasteiger partial charge in [-0.25, -0.2) is 0 Å². The van der Waals surface area contributed by atoms with E-state index in [0.717, 1.165) is 24.8 Å². The number of carbonyl (C=O) groups excluding carboxylic acids is 2. The first-order valence-corrected chi connectivity index (χ1v) is 7.85. The van der Waals surface area contributed by atoms with E-state index < -0.39 is 12.5 Å². The van der Waals surface area contributed by atoms with Gasteiger partial charge < -0.3 is 20.5 Å². The van der Waals surface area contributed by atoms with Gasteiger partial charge in [-0.2, -0.15) is 0 Å². The normalized spacial score (nSPS) is 15.2. The number of nitrogens with one attached hydrogen (secondary N) is 2. The van der Waals surface area contributed by atoms with Crippen LogP contribution >= 0.6 is 0 Å². The number of benzene rings is 1. The van der Waals surface area contributed by atoms with Crippen molar-refractivity contribution in [2.45, 2.75) is 37.7 Å². The third-order valence-corrected chi connectivity index (χ3v) is 4.22. The van der Waals surface area contributed by atoms with Gasteiger partial charge in [-0.3, -0.25) is 14.4 Å². The van der Waals surface area contributed by atoms with Gasteiger partial charge >= 0.3 is 5.97 Å². The first-order chi connectivity index (χ1) is 11.4. The zero-order valence-electron chi connectivity index (χ0n) is 13.6. The molecule has 2 amide bonds. The second kappa shape index (κ2) is 7.92. The van der Waals surface area contributed by atoms with Crippen LogP contribution in [0, 0.1) is 0 Å². The predicted octanol–water partition coefficient (Wildman–Crippen LogP) is 1.33. The number of ether oxygens (including phenoxy) is 1. The second-order valence-electron chi connectivity index (χ2n) is 6.01. The van der Waals surface area contributed by atoms with Crippen LogP contribution in [0.1, 0.15) is 31.2 Å². The Hall–Kier alpha value is -2.41. The van der Waals surface area contributed by atoms with Gasteiger partial charge in [0.25, 0.3) is 0 Å². The van der Waals surface area contributed by atoms with Crippen molar-refractivity contribution < 1.29 is 24.2 Å². The van der Waals surface area contributed by atoms with Crippen LogP contribution in [0.5, 0.6) is 0 Å². The lowest BCUT2D eigenvalue weighted by atomic mass is 9.77. The molecule has 0 spiro atoms. The Bertz CT molecular complexity index is 602. The van der Waals surface area contributed by atoms with Crippen molar-refractivity contribution in [2.24, 2.45) is 0 Å². The average Bonchev–Trinajstić information content (AvgIpc) is 2.51. The fourth-order valence-corrected chi connectivity index (χ4v) is 2.65. The Morgan fingerprint density at radius 1 is 1.17 bits per heavy atom. The summed E-state index contributed by atoms with van der Waals surface area (Å²) in [7, 11) is 1.64. The van der Waals surface area contributed by atoms with Crippen LogP contribution in [0.2, 0.25) is 0 Å². The summed E-state index contributed by atoms with van der Waals surface area (Å²) in [6.07, 6.45) is 3.32. The number of carboxylic acids is 1. The smallest absolute Gasteiger partial charge is 0.322 e. The van der Waals surface area contributed by atoms with Gasteiger partial charge in [-0.1, -0.05) is 12.1 Å². The minimum absolute atomic E-state index is 0.0916. The molecule has 0 unspecified atom stereocenters. The van der Waals surface area contributed by atoms with Gasteiger partial charge in [-0.15, -0.1) is 0 Å². The highest BCUT2D eigenvalue weighted by Crippen LogP contribution is 2.38. The highest BCUT2D eigenvalue weighted by molar-refractivity contribution is 5.91. The average molecular weight is 334 g/mol. The van der Waals surface area contributed by atoms with E-state index in [9.17, 15) is 14.4 Å². The van der Waals surface area contributed by atoms with Crippen LogP contribution in [0.15, 0.2) is 24.3 Å². The van der Waals surface area contributed by atoms with E-state index in [1.165, 1.54) is 0 Å². The predicted molar refractivity (Wildman–Crippen MR) is 87.6 cm³/mol. The number of carboxylic acid groups (broad SMARTS) is 1. The van der Waals surface area contributed by atoms with Crippen molar-refractivity contribution in [3.8, 4) is 0 Å². The molecule has 0 aromatic heterocycles. The minimum atomic E-state index is -1.08. The molecule has 1 aromatic rings. The molecule has 0 bridgehead atoms. The monoisotopic (exact) mass is 334 g/mol. The largest absolute Gasteiger partial charge is 0.480 e. The Morgan fingerprint density at radius 3 is 2.33 bits per heavy atom. The highest BCUT2D eigenvalue weighted by atomic mass is 16.5. The Morgan fingerprint density at radius 2 is 1.83 bits per heavy atom. The Kier molecular flexibility index (Phi) is 5.92. The van der Waals surface area contributed by atoms with Gasteiger partial charge in [0.15, 0.2) is 0 Å². The lowest BCUT2D eigenvalue weighted by Gasteiger charge is -2.39. The number of methoxy groups -OCH3 is 1. The van der Waals surface area contributed by atoms with E-state index in [1.54, 1.807) is 31.4 Å². The zero-order chi connectivity index (χ0) is 17.6. The number of hydrogen-bond donors (Lipinski definition) is 3. The lowest BCUT2D eigenvalue weighted by Crippen LogP contribution is -2.42. The first-order valence-electron chi connectivity index (χ1n) is 7.85. The van der Waals surface area contributed by atoms with Crippen LogP contribution in [0.4, 0.5) is 5.69 Å². The number of carbonyl (C=O) groups is 3. The summed E-state index contributed by atoms with van der Waals surface area (Å²) in [5.74, 6) is -1.54. The molecule has 7 nitrogen and oxygen atoms in total. The SMILES string of the molecule is COC1(CC(=O)Nc2ccc(CC(=O)NCC(=O)O)cc2)CCC1. The molecule has 0 atom stereocenters. The van der Waals surface area contributed by atoms with Crippen molar-refractivity contribution in [1.29, 1.82) is 0 Å². The summed E-state index contributed by atoms with van der Waals surface area (Å²) in [6, 6.07) is 6.90. The highest BCUT2D eigenvalue weighted by Gasteiger charge is 2.38. The third kappa shape index (κ3) is 5.06. The molecule has 0 saturated heterocycles. The molecule has 0 radical (unpaired) electrons. The summed E-state index contributed by atoms with van der Waals surface area (Å²) in [5.41, 5.74) is 1.08. The van der Waals surface area contributed by atoms with Crippen LogP contribution in [-0.2, 0) is 25.5 Å². The van der Waals surface area contributed by atoms with E-state index in [0.29, 0.717) is 12.1 Å². The molecule has 3 N–H and O–H groups in total. The number of anilines is 1. The van der Waals surface area contributed by atoms with E-state index in [4.69, 9.17) is 9.84 Å². The molecule has 2 rings (SSSR count). The van der Waals surface area contributed by atoms with Crippen LogP contribution in [-0.4, -0.2) is 42.1 Å². The minimum Gasteiger partial charge on any atom is -0.480 e. The molecule has 1 aromatic carbocycles. The summed E-state index contributed by atoms with van der Waals surface area (Å²) < 4.78 is 5.44. The zero-order valence-corrected chi connectivity index (χ0v) is 13.6. The maximum atomic E-state index is 12.1. The van der Waals surface area contributed by atoms with Crippen molar-refractivity contribution in [3.63, 3.8) is 0 Å². The van der Waals surface area contributed by atoms with E-state index in [2.05, 4.69) is 10.6 Å². The summed E-state index contributed by atoms with van der Waals surface area (Å²) in [6.45, 7) is -0.395. The molecule has 1 saturated carbocycles. The van der Waals surface area contributed by atoms with E-state index >= 15 is 0 Å². The molecular weight excluding hydrogens is 312 g/mol. The summed E-state index contributed by atoms with van der Waals surface area (Å²) >= 11 is 0.